The SMILES string of the molecule is CN=C(NCCCCN(C)C(C)C)NCC1(c2cccc(Cl)c2)CC1.I. The van der Waals surface area contributed by atoms with E-state index < -0.39 is 0 Å². The Kier molecular flexibility index (Phi) is 10.3. The van der Waals surface area contributed by atoms with Gasteiger partial charge in [0, 0.05) is 36.6 Å². The lowest BCUT2D eigenvalue weighted by Crippen LogP contribution is -2.41. The third-order valence-electron chi connectivity index (χ3n) is 5.22. The van der Waals surface area contributed by atoms with Crippen LogP contribution >= 0.6 is 35.6 Å². The van der Waals surface area contributed by atoms with Crippen LogP contribution in [0, 0.1) is 0 Å². The highest BCUT2D eigenvalue weighted by molar-refractivity contribution is 14.0. The molecule has 1 aliphatic carbocycles. The number of guanidine groups is 1. The molecule has 148 valence electrons. The van der Waals surface area contributed by atoms with Crippen LogP contribution in [0.5, 0.6) is 0 Å². The standard InChI is InChI=1S/C20H33ClN4.HI/c1-16(2)25(4)13-6-5-12-23-19(22-3)24-15-20(10-11-20)17-8-7-9-18(21)14-17;/h7-9,14,16H,5-6,10-13,15H2,1-4H3,(H2,22,23,24);1H. The van der Waals surface area contributed by atoms with Crippen LogP contribution in [0.3, 0.4) is 0 Å². The lowest BCUT2D eigenvalue weighted by molar-refractivity contribution is 0.268. The molecule has 0 unspecified atom stereocenters. The zero-order chi connectivity index (χ0) is 18.3. The average molecular weight is 493 g/mol. The normalized spacial score (nSPS) is 15.7. The van der Waals surface area contributed by atoms with Crippen molar-refractivity contribution < 1.29 is 0 Å². The first-order chi connectivity index (χ1) is 12.0. The third-order valence-corrected chi connectivity index (χ3v) is 5.46. The highest BCUT2D eigenvalue weighted by atomic mass is 127. The number of benzene rings is 1. The molecule has 0 radical (unpaired) electrons. The molecule has 1 aromatic carbocycles. The zero-order valence-corrected chi connectivity index (χ0v) is 19.6. The van der Waals surface area contributed by atoms with Crippen LogP contribution in [-0.4, -0.2) is 50.6 Å². The number of unbranched alkanes of at least 4 members (excludes halogenated alkanes) is 1. The van der Waals surface area contributed by atoms with Gasteiger partial charge in [0.1, 0.15) is 0 Å². The minimum absolute atomic E-state index is 0. The molecule has 1 aliphatic rings. The predicted molar refractivity (Wildman–Crippen MR) is 124 cm³/mol. The van der Waals surface area contributed by atoms with Gasteiger partial charge in [-0.1, -0.05) is 23.7 Å². The first kappa shape index (κ1) is 23.5. The Balaban J connectivity index is 0.00000338. The van der Waals surface area contributed by atoms with Crippen LogP contribution in [0.2, 0.25) is 5.02 Å². The maximum Gasteiger partial charge on any atom is 0.191 e. The second-order valence-corrected chi connectivity index (χ2v) is 7.86. The third kappa shape index (κ3) is 7.24. The van der Waals surface area contributed by atoms with Crippen molar-refractivity contribution in [3.63, 3.8) is 0 Å². The van der Waals surface area contributed by atoms with Crippen LogP contribution in [0.4, 0.5) is 0 Å². The van der Waals surface area contributed by atoms with Gasteiger partial charge >= 0.3 is 0 Å². The highest BCUT2D eigenvalue weighted by Crippen LogP contribution is 2.48. The molecule has 2 rings (SSSR count). The minimum Gasteiger partial charge on any atom is -0.356 e. The van der Waals surface area contributed by atoms with E-state index in [0.717, 1.165) is 37.0 Å². The molecule has 2 N–H and O–H groups in total. The van der Waals surface area contributed by atoms with Gasteiger partial charge in [-0.15, -0.1) is 24.0 Å². The van der Waals surface area contributed by atoms with E-state index in [0.29, 0.717) is 6.04 Å². The molecular formula is C20H34ClIN4. The van der Waals surface area contributed by atoms with E-state index in [9.17, 15) is 0 Å². The summed E-state index contributed by atoms with van der Waals surface area (Å²) in [5, 5.41) is 7.74. The van der Waals surface area contributed by atoms with E-state index in [4.69, 9.17) is 11.6 Å². The number of rotatable bonds is 9. The number of hydrogen-bond donors (Lipinski definition) is 2. The summed E-state index contributed by atoms with van der Waals surface area (Å²) in [4.78, 5) is 6.73. The molecule has 0 amide bonds. The second kappa shape index (κ2) is 11.3. The smallest absolute Gasteiger partial charge is 0.191 e. The maximum atomic E-state index is 6.15. The Bertz CT molecular complexity index is 573. The molecule has 1 aromatic rings. The summed E-state index contributed by atoms with van der Waals surface area (Å²) in [5.74, 6) is 0.894. The molecule has 4 nitrogen and oxygen atoms in total. The van der Waals surface area contributed by atoms with Gasteiger partial charge in [-0.05, 0) is 70.8 Å². The van der Waals surface area contributed by atoms with E-state index in [2.05, 4.69) is 53.6 Å². The van der Waals surface area contributed by atoms with Crippen molar-refractivity contribution >= 4 is 41.5 Å². The van der Waals surface area contributed by atoms with Gasteiger partial charge in [-0.25, -0.2) is 0 Å². The Morgan fingerprint density at radius 2 is 2.00 bits per heavy atom. The Morgan fingerprint density at radius 3 is 2.58 bits per heavy atom. The van der Waals surface area contributed by atoms with Crippen LogP contribution in [0.25, 0.3) is 0 Å². The van der Waals surface area contributed by atoms with Gasteiger partial charge in [-0.2, -0.15) is 0 Å². The lowest BCUT2D eigenvalue weighted by atomic mass is 9.96. The zero-order valence-electron chi connectivity index (χ0n) is 16.5. The number of nitrogens with one attached hydrogen (secondary N) is 2. The number of aliphatic imine (C=N–C) groups is 1. The molecule has 0 spiro atoms. The van der Waals surface area contributed by atoms with Gasteiger partial charge in [0.05, 0.1) is 0 Å². The van der Waals surface area contributed by atoms with Crippen LogP contribution in [0.15, 0.2) is 29.3 Å². The van der Waals surface area contributed by atoms with Crippen molar-refractivity contribution in [2.45, 2.75) is 51.0 Å². The van der Waals surface area contributed by atoms with Gasteiger partial charge in [-0.3, -0.25) is 4.99 Å². The summed E-state index contributed by atoms with van der Waals surface area (Å²) in [6, 6.07) is 8.87. The van der Waals surface area contributed by atoms with Crippen molar-refractivity contribution in [2.24, 2.45) is 4.99 Å². The quantitative estimate of drug-likeness (QED) is 0.234. The van der Waals surface area contributed by atoms with Gasteiger partial charge < -0.3 is 15.5 Å². The number of halogens is 2. The van der Waals surface area contributed by atoms with Crippen molar-refractivity contribution in [3.8, 4) is 0 Å². The molecule has 0 heterocycles. The van der Waals surface area contributed by atoms with Gasteiger partial charge in [0.2, 0.25) is 0 Å². The molecule has 0 bridgehead atoms. The first-order valence-corrected chi connectivity index (χ1v) is 9.75. The Labute approximate surface area is 181 Å². The summed E-state index contributed by atoms with van der Waals surface area (Å²) < 4.78 is 0. The molecule has 1 saturated carbocycles. The number of hydrogen-bond acceptors (Lipinski definition) is 2. The van der Waals surface area contributed by atoms with Gasteiger partial charge in [0.15, 0.2) is 5.96 Å². The Morgan fingerprint density at radius 1 is 1.27 bits per heavy atom. The molecule has 0 aliphatic heterocycles. The molecule has 0 aromatic heterocycles. The summed E-state index contributed by atoms with van der Waals surface area (Å²) >= 11 is 6.15. The van der Waals surface area contributed by atoms with Crippen molar-refractivity contribution in [1.29, 1.82) is 0 Å². The van der Waals surface area contributed by atoms with Crippen molar-refractivity contribution in [1.82, 2.24) is 15.5 Å². The topological polar surface area (TPSA) is 39.7 Å². The average Bonchev–Trinajstić information content (AvgIpc) is 3.38. The van der Waals surface area contributed by atoms with Gasteiger partial charge in [0.25, 0.3) is 0 Å². The molecular weight excluding hydrogens is 459 g/mol. The van der Waals surface area contributed by atoms with Crippen LogP contribution in [-0.2, 0) is 5.41 Å². The Hall–Kier alpha value is -0.530. The van der Waals surface area contributed by atoms with E-state index in [-0.39, 0.29) is 29.4 Å². The molecule has 0 saturated heterocycles. The summed E-state index contributed by atoms with van der Waals surface area (Å²) in [7, 11) is 4.02. The van der Waals surface area contributed by atoms with E-state index in [1.165, 1.54) is 24.8 Å². The van der Waals surface area contributed by atoms with E-state index in [1.807, 2.05) is 19.2 Å². The van der Waals surface area contributed by atoms with E-state index >= 15 is 0 Å². The fourth-order valence-electron chi connectivity index (χ4n) is 2.96. The fraction of sp³-hybridized carbons (Fsp3) is 0.650. The number of nitrogens with zero attached hydrogens (tertiary/aromatic N) is 2. The van der Waals surface area contributed by atoms with Crippen molar-refractivity contribution in [3.05, 3.63) is 34.9 Å². The predicted octanol–water partition coefficient (Wildman–Crippen LogP) is 4.28. The van der Waals surface area contributed by atoms with Crippen molar-refractivity contribution in [2.75, 3.05) is 33.7 Å². The van der Waals surface area contributed by atoms with E-state index in [1.54, 1.807) is 0 Å². The lowest BCUT2D eigenvalue weighted by Gasteiger charge is -2.21. The maximum absolute atomic E-state index is 6.15. The first-order valence-electron chi connectivity index (χ1n) is 9.38. The van der Waals surface area contributed by atoms with Crippen LogP contribution in [0.1, 0.15) is 45.1 Å². The fourth-order valence-corrected chi connectivity index (χ4v) is 3.15. The summed E-state index contributed by atoms with van der Waals surface area (Å²) in [5.41, 5.74) is 1.56. The highest BCUT2D eigenvalue weighted by Gasteiger charge is 2.44. The monoisotopic (exact) mass is 492 g/mol. The summed E-state index contributed by atoms with van der Waals surface area (Å²) in [6.07, 6.45) is 4.76. The molecule has 6 heteroatoms. The largest absolute Gasteiger partial charge is 0.356 e. The minimum atomic E-state index is 0. The summed E-state index contributed by atoms with van der Waals surface area (Å²) in [6.45, 7) is 7.47. The molecule has 1 fully saturated rings. The molecule has 26 heavy (non-hydrogen) atoms. The second-order valence-electron chi connectivity index (χ2n) is 7.42. The molecule has 0 atom stereocenters. The van der Waals surface area contributed by atoms with Crippen LogP contribution < -0.4 is 10.6 Å².